The Bertz CT molecular complexity index is 1280. The number of carbonyl (C=O) groups is 1. The van der Waals surface area contributed by atoms with E-state index in [1.165, 1.54) is 28.8 Å². The number of halogens is 1. The molecule has 1 aliphatic heterocycles. The van der Waals surface area contributed by atoms with Crippen molar-refractivity contribution in [3.8, 4) is 11.3 Å². The van der Waals surface area contributed by atoms with Crippen molar-refractivity contribution in [2.24, 2.45) is 0 Å². The average molecular weight is 471 g/mol. The highest BCUT2D eigenvalue weighted by Gasteiger charge is 2.34. The number of hydrogen-bond donors (Lipinski definition) is 0. The first-order valence-corrected chi connectivity index (χ1v) is 10.7. The van der Waals surface area contributed by atoms with Crippen molar-refractivity contribution in [3.05, 3.63) is 85.5 Å². The maximum Gasteiger partial charge on any atom is 0.281 e. The van der Waals surface area contributed by atoms with Crippen LogP contribution in [0, 0.1) is 24.0 Å². The van der Waals surface area contributed by atoms with Crippen molar-refractivity contribution in [1.29, 1.82) is 0 Å². The van der Waals surface area contributed by atoms with Gasteiger partial charge in [-0.1, -0.05) is 53.3 Å². The Morgan fingerprint density at radius 1 is 1.16 bits per heavy atom. The Balaban J connectivity index is 1.65. The predicted octanol–water partition coefficient (Wildman–Crippen LogP) is 6.53. The highest BCUT2D eigenvalue weighted by molar-refractivity contribution is 8.27. The molecule has 0 unspecified atom stereocenters. The summed E-state index contributed by atoms with van der Waals surface area (Å²) in [6.07, 6.45) is 1.59. The largest absolute Gasteiger partial charge is 0.456 e. The number of rotatable bonds is 4. The van der Waals surface area contributed by atoms with Crippen LogP contribution < -0.4 is 4.90 Å². The number of hydrogen-bond acceptors (Lipinski definition) is 6. The van der Waals surface area contributed by atoms with Gasteiger partial charge in [0.1, 0.15) is 11.5 Å². The number of aryl methyl sites for hydroxylation is 2. The number of carbonyl (C=O) groups excluding carboxylic acids is 1. The summed E-state index contributed by atoms with van der Waals surface area (Å²) in [5, 5.41) is 11.6. The molecule has 0 atom stereocenters. The quantitative estimate of drug-likeness (QED) is 0.187. The molecule has 156 valence electrons. The minimum atomic E-state index is -0.515. The van der Waals surface area contributed by atoms with Crippen molar-refractivity contribution in [2.75, 3.05) is 4.90 Å². The second-order valence-corrected chi connectivity index (χ2v) is 9.04. The van der Waals surface area contributed by atoms with E-state index < -0.39 is 4.92 Å². The molecule has 0 N–H and O–H groups in total. The molecule has 0 aliphatic carbocycles. The molecule has 0 saturated carbocycles. The van der Waals surface area contributed by atoms with Crippen molar-refractivity contribution < 1.29 is 14.1 Å². The van der Waals surface area contributed by atoms with E-state index in [9.17, 15) is 14.9 Å². The minimum absolute atomic E-state index is 0.158. The number of anilines is 1. The van der Waals surface area contributed by atoms with E-state index in [1.54, 1.807) is 24.3 Å². The standard InChI is InChI=1S/C22H15ClN2O4S2/c1-12-3-7-17(13(2)9-12)24-21(26)20(31-22(24)30)11-15-5-8-19(29-15)16-6-4-14(23)10-18(16)25(27)28/h3-11H,1-2H3/b20-11-. The van der Waals surface area contributed by atoms with Crippen molar-refractivity contribution >= 4 is 63.3 Å². The maximum atomic E-state index is 13.0. The summed E-state index contributed by atoms with van der Waals surface area (Å²) in [7, 11) is 0. The molecule has 9 heteroatoms. The molecule has 4 rings (SSSR count). The van der Waals surface area contributed by atoms with E-state index >= 15 is 0 Å². The van der Waals surface area contributed by atoms with Crippen LogP contribution in [0.4, 0.5) is 11.4 Å². The summed E-state index contributed by atoms with van der Waals surface area (Å²) in [5.74, 6) is 0.456. The fourth-order valence-electron chi connectivity index (χ4n) is 3.30. The third-order valence-corrected chi connectivity index (χ3v) is 6.25. The zero-order valence-electron chi connectivity index (χ0n) is 16.4. The van der Waals surface area contributed by atoms with Crippen LogP contribution in [0.3, 0.4) is 0 Å². The minimum Gasteiger partial charge on any atom is -0.456 e. The fourth-order valence-corrected chi connectivity index (χ4v) is 4.73. The van der Waals surface area contributed by atoms with Gasteiger partial charge < -0.3 is 4.42 Å². The fraction of sp³-hybridized carbons (Fsp3) is 0.0909. The summed E-state index contributed by atoms with van der Waals surface area (Å²) in [6.45, 7) is 3.92. The van der Waals surface area contributed by atoms with Gasteiger partial charge in [0.2, 0.25) is 0 Å². The van der Waals surface area contributed by atoms with Gasteiger partial charge in [-0.2, -0.15) is 0 Å². The molecule has 1 aromatic heterocycles. The summed E-state index contributed by atoms with van der Waals surface area (Å²) in [6, 6.07) is 13.4. The van der Waals surface area contributed by atoms with Crippen molar-refractivity contribution in [3.63, 3.8) is 0 Å². The molecule has 1 fully saturated rings. The van der Waals surface area contributed by atoms with Gasteiger partial charge in [0.15, 0.2) is 4.32 Å². The number of nitro benzene ring substituents is 1. The van der Waals surface area contributed by atoms with Gasteiger partial charge in [0.05, 0.1) is 21.1 Å². The Labute approximate surface area is 192 Å². The molecule has 0 spiro atoms. The van der Waals surface area contributed by atoms with Crippen molar-refractivity contribution in [2.45, 2.75) is 13.8 Å². The second kappa shape index (κ2) is 8.30. The Morgan fingerprint density at radius 3 is 2.65 bits per heavy atom. The second-order valence-electron chi connectivity index (χ2n) is 6.93. The number of amides is 1. The Morgan fingerprint density at radius 2 is 1.94 bits per heavy atom. The zero-order chi connectivity index (χ0) is 22.3. The number of thioether (sulfide) groups is 1. The van der Waals surface area contributed by atoms with Gasteiger partial charge >= 0.3 is 0 Å². The SMILES string of the molecule is Cc1ccc(N2C(=O)/C(=C/c3ccc(-c4ccc(Cl)cc4[N+](=O)[O-])o3)SC2=S)c(C)c1. The molecule has 1 aliphatic rings. The highest BCUT2D eigenvalue weighted by atomic mass is 35.5. The number of furan rings is 1. The van der Waals surface area contributed by atoms with Crippen molar-refractivity contribution in [1.82, 2.24) is 0 Å². The van der Waals surface area contributed by atoms with Crippen LogP contribution in [0.1, 0.15) is 16.9 Å². The summed E-state index contributed by atoms with van der Waals surface area (Å²) in [5.41, 5.74) is 2.94. The highest BCUT2D eigenvalue weighted by Crippen LogP contribution is 2.39. The van der Waals surface area contributed by atoms with E-state index in [2.05, 4.69) is 0 Å². The lowest BCUT2D eigenvalue weighted by Gasteiger charge is -2.17. The normalized spacial score (nSPS) is 15.2. The van der Waals surface area contributed by atoms with E-state index in [4.69, 9.17) is 28.2 Å². The number of nitrogens with zero attached hydrogens (tertiary/aromatic N) is 2. The van der Waals surface area contributed by atoms with Gasteiger partial charge in [-0.15, -0.1) is 0 Å². The number of benzene rings is 2. The van der Waals surface area contributed by atoms with E-state index in [0.29, 0.717) is 26.3 Å². The topological polar surface area (TPSA) is 76.6 Å². The molecule has 1 saturated heterocycles. The molecular weight excluding hydrogens is 456 g/mol. The summed E-state index contributed by atoms with van der Waals surface area (Å²) in [4.78, 5) is 25.8. The van der Waals surface area contributed by atoms with Gasteiger partial charge in [-0.3, -0.25) is 19.8 Å². The maximum absolute atomic E-state index is 13.0. The van der Waals surface area contributed by atoms with Crippen LogP contribution in [-0.2, 0) is 4.79 Å². The molecule has 1 amide bonds. The van der Waals surface area contributed by atoms with E-state index in [-0.39, 0.29) is 16.6 Å². The third-order valence-electron chi connectivity index (χ3n) is 4.71. The molecule has 0 bridgehead atoms. The van der Waals surface area contributed by atoms with E-state index in [1.807, 2.05) is 32.0 Å². The summed E-state index contributed by atoms with van der Waals surface area (Å²) < 4.78 is 6.21. The van der Waals surface area contributed by atoms with Crippen LogP contribution in [0.25, 0.3) is 17.4 Å². The molecule has 2 aromatic carbocycles. The monoisotopic (exact) mass is 470 g/mol. The van der Waals surface area contributed by atoms with Gasteiger partial charge in [-0.25, -0.2) is 0 Å². The first-order chi connectivity index (χ1) is 14.7. The van der Waals surface area contributed by atoms with E-state index in [0.717, 1.165) is 16.8 Å². The lowest BCUT2D eigenvalue weighted by molar-refractivity contribution is -0.384. The van der Waals surface area contributed by atoms with Gasteiger partial charge in [0.25, 0.3) is 11.6 Å². The molecular formula is C22H15ClN2O4S2. The number of thiocarbonyl (C=S) groups is 1. The first kappa shape index (κ1) is 21.3. The van der Waals surface area contributed by atoms with Crippen LogP contribution in [-0.4, -0.2) is 15.2 Å². The van der Waals surface area contributed by atoms with Crippen LogP contribution in [0.2, 0.25) is 5.02 Å². The summed E-state index contributed by atoms with van der Waals surface area (Å²) >= 11 is 12.5. The van der Waals surface area contributed by atoms with Crippen LogP contribution >= 0.6 is 35.6 Å². The molecule has 6 nitrogen and oxygen atoms in total. The molecule has 2 heterocycles. The molecule has 31 heavy (non-hydrogen) atoms. The van der Waals surface area contributed by atoms with Gasteiger partial charge in [-0.05, 0) is 49.7 Å². The number of nitro groups is 1. The molecule has 3 aromatic rings. The zero-order valence-corrected chi connectivity index (χ0v) is 18.8. The Kier molecular flexibility index (Phi) is 5.70. The van der Waals surface area contributed by atoms with Gasteiger partial charge in [0, 0.05) is 17.2 Å². The van der Waals surface area contributed by atoms with Crippen LogP contribution in [0.5, 0.6) is 0 Å². The Hall–Kier alpha value is -2.94. The lowest BCUT2D eigenvalue weighted by atomic mass is 10.1. The third kappa shape index (κ3) is 4.14. The molecule has 0 radical (unpaired) electrons. The first-order valence-electron chi connectivity index (χ1n) is 9.14. The van der Waals surface area contributed by atoms with Crippen LogP contribution in [0.15, 0.2) is 57.9 Å². The predicted molar refractivity (Wildman–Crippen MR) is 127 cm³/mol. The average Bonchev–Trinajstić information content (AvgIpc) is 3.27. The lowest BCUT2D eigenvalue weighted by Crippen LogP contribution is -2.28. The smallest absolute Gasteiger partial charge is 0.281 e.